The zero-order valence-electron chi connectivity index (χ0n) is 14.9. The third-order valence-electron chi connectivity index (χ3n) is 4.12. The first-order valence-electron chi connectivity index (χ1n) is 8.47. The molecule has 0 saturated carbocycles. The van der Waals surface area contributed by atoms with Crippen LogP contribution in [0.1, 0.15) is 45.0 Å². The molecule has 4 nitrogen and oxygen atoms in total. The molecule has 2 unspecified atom stereocenters. The molecule has 0 radical (unpaired) electrons. The number of halogens is 3. The number of nitrogens with zero attached hydrogens (tertiary/aromatic N) is 1. The van der Waals surface area contributed by atoms with Gasteiger partial charge in [-0.25, -0.2) is 4.98 Å². The minimum Gasteiger partial charge on any atom is -0.374 e. The maximum atomic E-state index is 13.6. The summed E-state index contributed by atoms with van der Waals surface area (Å²) in [5, 5.41) is 12.4. The average Bonchev–Trinajstić information content (AvgIpc) is 2.96. The quantitative estimate of drug-likeness (QED) is 0.740. The molecule has 0 aliphatic heterocycles. The highest BCUT2D eigenvalue weighted by molar-refractivity contribution is 7.18. The number of hydrogen-bond donors (Lipinski definition) is 2. The lowest BCUT2D eigenvalue weighted by molar-refractivity contribution is -0.267. The van der Waals surface area contributed by atoms with E-state index in [1.54, 1.807) is 31.2 Å². The molecule has 1 aromatic carbocycles. The monoisotopic (exact) mass is 388 g/mol. The largest absolute Gasteiger partial charge is 0.424 e. The summed E-state index contributed by atoms with van der Waals surface area (Å²) in [5.74, 6) is -0.412. The standard InChI is InChI=1S/C18H23F3N2O2S/c1-11(2)8-9-12(3)22-15(24)10-17(25,18(19,20)21)16-23-13-6-4-5-7-14(13)26-16/h4-7,11-12,25H,8-10H2,1-3H3,(H,22,24). The fourth-order valence-corrected chi connectivity index (χ4v) is 3.63. The van der Waals surface area contributed by atoms with Gasteiger partial charge in [-0.2, -0.15) is 13.2 Å². The Morgan fingerprint density at radius 2 is 1.88 bits per heavy atom. The van der Waals surface area contributed by atoms with E-state index in [2.05, 4.69) is 10.3 Å². The summed E-state index contributed by atoms with van der Waals surface area (Å²) < 4.78 is 41.3. The molecular formula is C18H23F3N2O2S. The fraction of sp³-hybridized carbons (Fsp3) is 0.556. The predicted molar refractivity (Wildman–Crippen MR) is 95.9 cm³/mol. The number of rotatable bonds is 7. The summed E-state index contributed by atoms with van der Waals surface area (Å²) in [7, 11) is 0. The summed E-state index contributed by atoms with van der Waals surface area (Å²) in [5.41, 5.74) is -2.95. The number of aromatic nitrogens is 1. The number of para-hydroxylation sites is 1. The molecule has 2 aromatic rings. The topological polar surface area (TPSA) is 62.2 Å². The highest BCUT2D eigenvalue weighted by Crippen LogP contribution is 2.44. The number of alkyl halides is 3. The van der Waals surface area contributed by atoms with Crippen molar-refractivity contribution in [3.8, 4) is 0 Å². The maximum absolute atomic E-state index is 13.6. The number of carbonyl (C=O) groups is 1. The van der Waals surface area contributed by atoms with Gasteiger partial charge in [0.2, 0.25) is 11.5 Å². The maximum Gasteiger partial charge on any atom is 0.424 e. The van der Waals surface area contributed by atoms with E-state index < -0.39 is 29.1 Å². The predicted octanol–water partition coefficient (Wildman–Crippen LogP) is 4.38. The minimum absolute atomic E-state index is 0.266. The molecule has 8 heteroatoms. The summed E-state index contributed by atoms with van der Waals surface area (Å²) >= 11 is 0.745. The van der Waals surface area contributed by atoms with Crippen molar-refractivity contribution in [1.29, 1.82) is 0 Å². The van der Waals surface area contributed by atoms with Crippen LogP contribution in [0.5, 0.6) is 0 Å². The third kappa shape index (κ3) is 4.73. The van der Waals surface area contributed by atoms with Crippen molar-refractivity contribution in [3.63, 3.8) is 0 Å². The number of fused-ring (bicyclic) bond motifs is 1. The van der Waals surface area contributed by atoms with Gasteiger partial charge in [0.05, 0.1) is 16.6 Å². The van der Waals surface area contributed by atoms with Gasteiger partial charge in [-0.05, 0) is 37.8 Å². The molecule has 0 aliphatic rings. The van der Waals surface area contributed by atoms with E-state index in [-0.39, 0.29) is 6.04 Å². The Morgan fingerprint density at radius 3 is 2.46 bits per heavy atom. The second-order valence-corrected chi connectivity index (χ2v) is 7.99. The van der Waals surface area contributed by atoms with Gasteiger partial charge in [-0.15, -0.1) is 11.3 Å². The van der Waals surface area contributed by atoms with E-state index in [9.17, 15) is 23.1 Å². The number of benzene rings is 1. The molecule has 2 atom stereocenters. The molecule has 1 aromatic heterocycles. The lowest BCUT2D eigenvalue weighted by atomic mass is 9.98. The number of hydrogen-bond acceptors (Lipinski definition) is 4. The van der Waals surface area contributed by atoms with Crippen LogP contribution in [0.2, 0.25) is 0 Å². The Labute approximate surface area is 154 Å². The number of aliphatic hydroxyl groups is 1. The van der Waals surface area contributed by atoms with Crippen LogP contribution >= 0.6 is 11.3 Å². The van der Waals surface area contributed by atoms with Gasteiger partial charge in [0.1, 0.15) is 5.01 Å². The van der Waals surface area contributed by atoms with Crippen molar-refractivity contribution in [1.82, 2.24) is 10.3 Å². The van der Waals surface area contributed by atoms with E-state index >= 15 is 0 Å². The first-order chi connectivity index (χ1) is 12.0. The van der Waals surface area contributed by atoms with Crippen molar-refractivity contribution in [2.75, 3.05) is 0 Å². The van der Waals surface area contributed by atoms with Crippen LogP contribution in [-0.4, -0.2) is 28.2 Å². The molecule has 0 aliphatic carbocycles. The van der Waals surface area contributed by atoms with Gasteiger partial charge in [0.15, 0.2) is 0 Å². The molecular weight excluding hydrogens is 365 g/mol. The first-order valence-corrected chi connectivity index (χ1v) is 9.29. The van der Waals surface area contributed by atoms with Gasteiger partial charge in [-0.1, -0.05) is 26.0 Å². The zero-order valence-corrected chi connectivity index (χ0v) is 15.7. The highest BCUT2D eigenvalue weighted by atomic mass is 32.1. The number of nitrogens with one attached hydrogen (secondary N) is 1. The molecule has 0 saturated heterocycles. The molecule has 1 heterocycles. The van der Waals surface area contributed by atoms with E-state index in [4.69, 9.17) is 0 Å². The van der Waals surface area contributed by atoms with Crippen LogP contribution in [0.15, 0.2) is 24.3 Å². The fourth-order valence-electron chi connectivity index (χ4n) is 2.56. The Kier molecular flexibility index (Phi) is 6.29. The van der Waals surface area contributed by atoms with Crippen molar-refractivity contribution in [3.05, 3.63) is 29.3 Å². The van der Waals surface area contributed by atoms with Crippen molar-refractivity contribution < 1.29 is 23.1 Å². The Balaban J connectivity index is 2.20. The first kappa shape index (κ1) is 20.6. The highest BCUT2D eigenvalue weighted by Gasteiger charge is 2.58. The summed E-state index contributed by atoms with van der Waals surface area (Å²) in [6.45, 7) is 5.80. The van der Waals surface area contributed by atoms with Gasteiger partial charge >= 0.3 is 6.18 Å². The van der Waals surface area contributed by atoms with Crippen LogP contribution in [0.25, 0.3) is 10.2 Å². The molecule has 144 valence electrons. The number of amides is 1. The van der Waals surface area contributed by atoms with Gasteiger partial charge in [0, 0.05) is 6.04 Å². The zero-order chi connectivity index (χ0) is 19.5. The van der Waals surface area contributed by atoms with Crippen molar-refractivity contribution >= 4 is 27.5 Å². The molecule has 1 amide bonds. The molecule has 26 heavy (non-hydrogen) atoms. The van der Waals surface area contributed by atoms with E-state index in [0.29, 0.717) is 22.6 Å². The number of carbonyl (C=O) groups excluding carboxylic acids is 1. The Bertz CT molecular complexity index is 727. The molecule has 2 rings (SSSR count). The lowest BCUT2D eigenvalue weighted by Gasteiger charge is -2.28. The smallest absolute Gasteiger partial charge is 0.374 e. The van der Waals surface area contributed by atoms with Crippen LogP contribution < -0.4 is 5.32 Å². The van der Waals surface area contributed by atoms with E-state index in [0.717, 1.165) is 17.8 Å². The van der Waals surface area contributed by atoms with E-state index in [1.165, 1.54) is 0 Å². The molecule has 0 fully saturated rings. The van der Waals surface area contributed by atoms with E-state index in [1.807, 2.05) is 13.8 Å². The average molecular weight is 388 g/mol. The summed E-state index contributed by atoms with van der Waals surface area (Å²) in [6, 6.07) is 6.26. The SMILES string of the molecule is CC(C)CCC(C)NC(=O)CC(O)(c1nc2ccccc2s1)C(F)(F)F. The summed E-state index contributed by atoms with van der Waals surface area (Å²) in [4.78, 5) is 16.1. The molecule has 2 N–H and O–H groups in total. The van der Waals surface area contributed by atoms with Crippen molar-refractivity contribution in [2.45, 2.75) is 57.9 Å². The van der Waals surface area contributed by atoms with Crippen LogP contribution in [0, 0.1) is 5.92 Å². The lowest BCUT2D eigenvalue weighted by Crippen LogP contribution is -2.47. The third-order valence-corrected chi connectivity index (χ3v) is 5.30. The van der Waals surface area contributed by atoms with Gasteiger partial charge in [-0.3, -0.25) is 4.79 Å². The van der Waals surface area contributed by atoms with Crippen LogP contribution in [0.3, 0.4) is 0 Å². The second kappa shape index (κ2) is 7.92. The summed E-state index contributed by atoms with van der Waals surface area (Å²) in [6.07, 6.45) is -4.61. The van der Waals surface area contributed by atoms with Crippen LogP contribution in [-0.2, 0) is 10.4 Å². The van der Waals surface area contributed by atoms with Gasteiger partial charge < -0.3 is 10.4 Å². The van der Waals surface area contributed by atoms with Crippen molar-refractivity contribution in [2.24, 2.45) is 5.92 Å². The molecule has 0 spiro atoms. The van der Waals surface area contributed by atoms with Crippen LogP contribution in [0.4, 0.5) is 13.2 Å². The Hall–Kier alpha value is -1.67. The normalized spacial score (nSPS) is 15.8. The van der Waals surface area contributed by atoms with Gasteiger partial charge in [0.25, 0.3) is 0 Å². The Morgan fingerprint density at radius 1 is 1.23 bits per heavy atom. The number of thiazole rings is 1. The molecule has 0 bridgehead atoms. The second-order valence-electron chi connectivity index (χ2n) is 6.96. The minimum atomic E-state index is -5.01.